The van der Waals surface area contributed by atoms with Gasteiger partial charge in [0.15, 0.2) is 9.84 Å². The maximum atomic E-state index is 11.8. The van der Waals surface area contributed by atoms with Gasteiger partial charge in [-0.2, -0.15) is 0 Å². The van der Waals surface area contributed by atoms with Gasteiger partial charge in [-0.1, -0.05) is 0 Å². The van der Waals surface area contributed by atoms with E-state index < -0.39 is 14.6 Å². The van der Waals surface area contributed by atoms with E-state index in [0.717, 1.165) is 0 Å². The first kappa shape index (κ1) is 15.9. The Hall–Kier alpha value is -0.130. The molecule has 0 aliphatic heterocycles. The third-order valence-electron chi connectivity index (χ3n) is 2.64. The summed E-state index contributed by atoms with van der Waals surface area (Å²) in [6.07, 6.45) is 0.614. The molecule has 0 bridgehead atoms. The van der Waals surface area contributed by atoms with Crippen molar-refractivity contribution in [1.29, 1.82) is 0 Å². The number of aliphatic hydroxyl groups excluding tert-OH is 1. The van der Waals surface area contributed by atoms with Crippen molar-refractivity contribution in [2.45, 2.75) is 51.3 Å². The average molecular weight is 251 g/mol. The lowest BCUT2D eigenvalue weighted by atomic mass is 10.0. The fraction of sp³-hybridized carbons (Fsp3) is 1.00. The van der Waals surface area contributed by atoms with Gasteiger partial charge in [0.2, 0.25) is 0 Å². The van der Waals surface area contributed by atoms with Crippen molar-refractivity contribution in [1.82, 2.24) is 5.32 Å². The van der Waals surface area contributed by atoms with Crippen LogP contribution in [0, 0.1) is 0 Å². The van der Waals surface area contributed by atoms with Crippen LogP contribution in [0.5, 0.6) is 0 Å². The van der Waals surface area contributed by atoms with Crippen molar-refractivity contribution >= 4 is 9.84 Å². The van der Waals surface area contributed by atoms with Crippen molar-refractivity contribution < 1.29 is 13.5 Å². The summed E-state index contributed by atoms with van der Waals surface area (Å²) in [5.41, 5.74) is -0.220. The molecule has 0 saturated heterocycles. The molecule has 0 aromatic carbocycles. The van der Waals surface area contributed by atoms with Crippen molar-refractivity contribution in [2.24, 2.45) is 0 Å². The Bertz CT molecular complexity index is 302. The molecule has 0 rings (SSSR count). The Morgan fingerprint density at radius 2 is 1.62 bits per heavy atom. The van der Waals surface area contributed by atoms with Crippen molar-refractivity contribution in [3.05, 3.63) is 0 Å². The molecule has 0 amide bonds. The van der Waals surface area contributed by atoms with Gasteiger partial charge < -0.3 is 10.4 Å². The molecule has 0 unspecified atom stereocenters. The van der Waals surface area contributed by atoms with Crippen LogP contribution in [0.3, 0.4) is 0 Å². The lowest BCUT2D eigenvalue weighted by Gasteiger charge is -2.26. The highest BCUT2D eigenvalue weighted by Gasteiger charge is 2.28. The first-order valence-electron chi connectivity index (χ1n) is 5.60. The smallest absolute Gasteiger partial charge is 0.156 e. The Morgan fingerprint density at radius 1 is 1.12 bits per heavy atom. The monoisotopic (exact) mass is 251 g/mol. The quantitative estimate of drug-likeness (QED) is 0.737. The normalized spacial score (nSPS) is 14.1. The molecule has 0 aliphatic carbocycles. The fourth-order valence-corrected chi connectivity index (χ4v) is 2.18. The summed E-state index contributed by atoms with van der Waals surface area (Å²) < 4.78 is 22.9. The Labute approximate surface area is 99.4 Å². The number of rotatable bonds is 6. The third-order valence-corrected chi connectivity index (χ3v) is 5.25. The van der Waals surface area contributed by atoms with Gasteiger partial charge in [0.1, 0.15) is 0 Å². The summed E-state index contributed by atoms with van der Waals surface area (Å²) in [5, 5.41) is 12.0. The molecule has 0 atom stereocenters. The van der Waals surface area contributed by atoms with Crippen LogP contribution in [0.25, 0.3) is 0 Å². The van der Waals surface area contributed by atoms with Crippen LogP contribution in [0.15, 0.2) is 0 Å². The molecule has 0 aromatic heterocycles. The first-order valence-corrected chi connectivity index (χ1v) is 7.25. The predicted molar refractivity (Wildman–Crippen MR) is 67.3 cm³/mol. The zero-order valence-electron chi connectivity index (χ0n) is 11.0. The fourth-order valence-electron chi connectivity index (χ4n) is 1.20. The second kappa shape index (κ2) is 5.47. The van der Waals surface area contributed by atoms with Crippen molar-refractivity contribution in [3.63, 3.8) is 0 Å². The Balaban J connectivity index is 4.19. The van der Waals surface area contributed by atoms with E-state index >= 15 is 0 Å². The first-order chi connectivity index (χ1) is 7.02. The number of nitrogens with one attached hydrogen (secondary N) is 1. The van der Waals surface area contributed by atoms with Gasteiger partial charge in [-0.05, 0) is 41.0 Å². The van der Waals surface area contributed by atoms with Crippen LogP contribution in [0.4, 0.5) is 0 Å². The molecule has 16 heavy (non-hydrogen) atoms. The summed E-state index contributed by atoms with van der Waals surface area (Å²) in [6, 6.07) is 0. The van der Waals surface area contributed by atoms with Crippen LogP contribution >= 0.6 is 0 Å². The number of hydrogen-bond donors (Lipinski definition) is 2. The molecule has 2 N–H and O–H groups in total. The van der Waals surface area contributed by atoms with Gasteiger partial charge in [0.05, 0.1) is 10.5 Å². The second-order valence-corrected chi connectivity index (χ2v) is 8.58. The van der Waals surface area contributed by atoms with E-state index in [1.807, 2.05) is 13.8 Å². The van der Waals surface area contributed by atoms with Crippen molar-refractivity contribution in [2.75, 3.05) is 18.9 Å². The minimum absolute atomic E-state index is 0.103. The van der Waals surface area contributed by atoms with E-state index in [2.05, 4.69) is 5.32 Å². The van der Waals surface area contributed by atoms with E-state index in [1.165, 1.54) is 0 Å². The van der Waals surface area contributed by atoms with Crippen LogP contribution in [-0.4, -0.2) is 42.7 Å². The molecule has 4 nitrogen and oxygen atoms in total. The summed E-state index contributed by atoms with van der Waals surface area (Å²) in [7, 11) is -3.06. The molecule has 0 heterocycles. The molecular weight excluding hydrogens is 226 g/mol. The largest absolute Gasteiger partial charge is 0.396 e. The molecule has 0 radical (unpaired) electrons. The zero-order valence-corrected chi connectivity index (χ0v) is 11.8. The van der Waals surface area contributed by atoms with Crippen LogP contribution in [-0.2, 0) is 9.84 Å². The van der Waals surface area contributed by atoms with Gasteiger partial charge >= 0.3 is 0 Å². The molecule has 0 aliphatic rings. The minimum atomic E-state index is -3.06. The van der Waals surface area contributed by atoms with Crippen LogP contribution in [0.2, 0.25) is 0 Å². The summed E-state index contributed by atoms with van der Waals surface area (Å²) >= 11 is 0. The number of hydrogen-bond acceptors (Lipinski definition) is 4. The summed E-state index contributed by atoms with van der Waals surface area (Å²) in [4.78, 5) is 0. The van der Waals surface area contributed by atoms with Gasteiger partial charge in [-0.3, -0.25) is 0 Å². The minimum Gasteiger partial charge on any atom is -0.396 e. The lowest BCUT2D eigenvalue weighted by molar-refractivity contribution is 0.233. The molecule has 5 heteroatoms. The summed E-state index contributed by atoms with van der Waals surface area (Å²) in [6.45, 7) is 9.56. The maximum Gasteiger partial charge on any atom is 0.156 e. The lowest BCUT2D eigenvalue weighted by Crippen LogP contribution is -2.44. The maximum absolute atomic E-state index is 11.8. The van der Waals surface area contributed by atoms with Gasteiger partial charge in [-0.15, -0.1) is 0 Å². The molecule has 0 aromatic rings. The second-order valence-electron chi connectivity index (χ2n) is 5.72. The third kappa shape index (κ3) is 5.27. The topological polar surface area (TPSA) is 66.4 Å². The highest BCUT2D eigenvalue weighted by Crippen LogP contribution is 2.15. The average Bonchev–Trinajstić information content (AvgIpc) is 2.00. The van der Waals surface area contributed by atoms with Gasteiger partial charge in [-0.25, -0.2) is 8.42 Å². The standard InChI is InChI=1S/C11H25NO3S/c1-10(2,3)16(14,15)9-7-12-11(4,5)6-8-13/h12-13H,6-9H2,1-5H3. The summed E-state index contributed by atoms with van der Waals surface area (Å²) in [5.74, 6) is 0.130. The highest BCUT2D eigenvalue weighted by molar-refractivity contribution is 7.92. The van der Waals surface area contributed by atoms with E-state index in [4.69, 9.17) is 5.11 Å². The predicted octanol–water partition coefficient (Wildman–Crippen LogP) is 0.950. The molecule has 0 fully saturated rings. The van der Waals surface area contributed by atoms with Crippen LogP contribution in [0.1, 0.15) is 41.0 Å². The van der Waals surface area contributed by atoms with Crippen molar-refractivity contribution in [3.8, 4) is 0 Å². The van der Waals surface area contributed by atoms with E-state index in [-0.39, 0.29) is 17.9 Å². The van der Waals surface area contributed by atoms with Gasteiger partial charge in [0, 0.05) is 18.7 Å². The zero-order chi connectivity index (χ0) is 13.0. The molecule has 0 saturated carbocycles. The molecule has 0 spiro atoms. The Morgan fingerprint density at radius 3 is 2.00 bits per heavy atom. The SMILES string of the molecule is CC(C)(CCO)NCCS(=O)(=O)C(C)(C)C. The number of sulfone groups is 1. The van der Waals surface area contributed by atoms with E-state index in [1.54, 1.807) is 20.8 Å². The van der Waals surface area contributed by atoms with Crippen LogP contribution < -0.4 is 5.32 Å². The highest BCUT2D eigenvalue weighted by atomic mass is 32.2. The van der Waals surface area contributed by atoms with E-state index in [9.17, 15) is 8.42 Å². The molecule has 98 valence electrons. The van der Waals surface area contributed by atoms with Gasteiger partial charge in [0.25, 0.3) is 0 Å². The van der Waals surface area contributed by atoms with E-state index in [0.29, 0.717) is 13.0 Å². The Kier molecular flexibility index (Phi) is 5.42. The molecular formula is C11H25NO3S. The number of aliphatic hydroxyl groups is 1.